The van der Waals surface area contributed by atoms with E-state index >= 15 is 0 Å². The van der Waals surface area contributed by atoms with Gasteiger partial charge in [0.25, 0.3) is 5.91 Å². The summed E-state index contributed by atoms with van der Waals surface area (Å²) in [4.78, 5) is 14.9. The summed E-state index contributed by atoms with van der Waals surface area (Å²) in [7, 11) is -0.0596. The Hall–Kier alpha value is -2.06. The first-order chi connectivity index (χ1) is 7.15. The minimum absolute atomic E-state index is 0.0149. The number of carbonyl (C=O) groups is 1. The fourth-order valence-electron chi connectivity index (χ4n) is 1.12. The van der Waals surface area contributed by atoms with Gasteiger partial charge in [-0.3, -0.25) is 10.1 Å². The van der Waals surface area contributed by atoms with E-state index in [1.165, 1.54) is 19.3 Å². The third kappa shape index (κ3) is 2.06. The van der Waals surface area contributed by atoms with Crippen molar-refractivity contribution in [1.82, 2.24) is 5.32 Å². The van der Waals surface area contributed by atoms with Gasteiger partial charge >= 0.3 is 7.69 Å². The molecule has 1 amide bonds. The number of nitriles is 2. The zero-order valence-electron chi connectivity index (χ0n) is 7.98. The second kappa shape index (κ2) is 4.44. The number of carbonyl (C=O) groups excluding carboxylic acids is 1. The Balaban J connectivity index is 2.97. The van der Waals surface area contributed by atoms with Gasteiger partial charge < -0.3 is 9.31 Å². The third-order valence-electron chi connectivity index (χ3n) is 1.96. The largest absolute Gasteiger partial charge is 0.527 e. The van der Waals surface area contributed by atoms with Crippen molar-refractivity contribution in [2.45, 2.75) is 6.92 Å². The average Bonchev–Trinajstić information content (AvgIpc) is 2.22. The molecule has 0 radical (unpaired) electrons. The molecule has 0 aromatic rings. The first-order valence-corrected chi connectivity index (χ1v) is 4.02. The van der Waals surface area contributed by atoms with Crippen molar-refractivity contribution in [3.8, 4) is 12.4 Å². The number of nitrogens with one attached hydrogen (secondary N) is 1. The van der Waals surface area contributed by atoms with Crippen LogP contribution in [-0.2, 0) is 14.1 Å². The molecule has 1 saturated heterocycles. The second-order valence-electron chi connectivity index (χ2n) is 3.03. The van der Waals surface area contributed by atoms with Gasteiger partial charge in [0.2, 0.25) is 12.1 Å². The Morgan fingerprint density at radius 2 is 2.47 bits per heavy atom. The highest BCUT2D eigenvalue weighted by molar-refractivity contribution is 6.26. The molecule has 0 aromatic heterocycles. The zero-order chi connectivity index (χ0) is 11.3. The summed E-state index contributed by atoms with van der Waals surface area (Å²) >= 11 is 0. The maximum atomic E-state index is 11.5. The van der Waals surface area contributed by atoms with Crippen molar-refractivity contribution in [2.75, 3.05) is 6.61 Å². The van der Waals surface area contributed by atoms with Crippen LogP contribution in [0.25, 0.3) is 0 Å². The van der Waals surface area contributed by atoms with Gasteiger partial charge in [-0.15, -0.1) is 4.99 Å². The lowest BCUT2D eigenvalue weighted by atomic mass is 9.88. The van der Waals surface area contributed by atoms with Crippen LogP contribution in [0.1, 0.15) is 6.92 Å². The molecule has 1 N–H and O–H groups in total. The summed E-state index contributed by atoms with van der Waals surface area (Å²) in [6.07, 6.45) is 3.04. The molecule has 7 nitrogen and oxygen atoms in total. The Morgan fingerprint density at radius 1 is 1.73 bits per heavy atom. The molecule has 0 aliphatic carbocycles. The highest BCUT2D eigenvalue weighted by Crippen LogP contribution is 2.23. The first-order valence-electron chi connectivity index (χ1n) is 4.02. The van der Waals surface area contributed by atoms with Gasteiger partial charge in [0.05, 0.1) is 6.61 Å². The number of nitrogens with zero attached hydrogens (tertiary/aromatic N) is 3. The fraction of sp³-hybridized carbons (Fsp3) is 0.429. The second-order valence-corrected chi connectivity index (χ2v) is 3.03. The van der Waals surface area contributed by atoms with E-state index in [0.29, 0.717) is 0 Å². The van der Waals surface area contributed by atoms with Gasteiger partial charge in [0, 0.05) is 0 Å². The monoisotopic (exact) mass is 206 g/mol. The molecule has 0 bridgehead atoms. The molecule has 1 aliphatic heterocycles. The summed E-state index contributed by atoms with van der Waals surface area (Å²) < 4.78 is 9.88. The van der Waals surface area contributed by atoms with Crippen LogP contribution in [0.4, 0.5) is 0 Å². The van der Waals surface area contributed by atoms with Crippen molar-refractivity contribution >= 4 is 19.5 Å². The number of hydrogen-bond acceptors (Lipinski definition) is 6. The quantitative estimate of drug-likeness (QED) is 0.328. The Kier molecular flexibility index (Phi) is 3.27. The zero-order valence-corrected chi connectivity index (χ0v) is 7.98. The summed E-state index contributed by atoms with van der Waals surface area (Å²) in [5.74, 6) is -0.650. The van der Waals surface area contributed by atoms with E-state index in [4.69, 9.17) is 19.8 Å². The molecule has 1 heterocycles. The number of aliphatic imine (C=N–C) groups is 1. The van der Waals surface area contributed by atoms with E-state index in [0.717, 1.165) is 0 Å². The smallest absolute Gasteiger partial charge is 0.507 e. The van der Waals surface area contributed by atoms with Crippen molar-refractivity contribution in [2.24, 2.45) is 10.4 Å². The molecule has 0 spiro atoms. The molecule has 76 valence electrons. The topological polar surface area (TPSA) is 108 Å². The summed E-state index contributed by atoms with van der Waals surface area (Å²) in [5.41, 5.74) is -1.23. The highest BCUT2D eigenvalue weighted by atomic mass is 16.6. The highest BCUT2D eigenvalue weighted by Gasteiger charge is 2.44. The normalized spacial score (nSPS) is 26.7. The van der Waals surface area contributed by atoms with Gasteiger partial charge in [0.15, 0.2) is 6.19 Å². The van der Waals surface area contributed by atoms with Crippen LogP contribution in [0.2, 0.25) is 0 Å². The maximum Gasteiger partial charge on any atom is 0.507 e. The molecular formula is C7H7BN4O3. The lowest BCUT2D eigenvalue weighted by Crippen LogP contribution is -2.51. The van der Waals surface area contributed by atoms with Crippen molar-refractivity contribution < 1.29 is 14.1 Å². The van der Waals surface area contributed by atoms with Gasteiger partial charge in [-0.05, 0) is 6.92 Å². The molecule has 0 aromatic carbocycles. The van der Waals surface area contributed by atoms with Crippen LogP contribution in [0.5, 0.6) is 0 Å². The van der Waals surface area contributed by atoms with Crippen molar-refractivity contribution in [1.29, 1.82) is 10.5 Å². The van der Waals surface area contributed by atoms with E-state index in [9.17, 15) is 4.79 Å². The molecule has 15 heavy (non-hydrogen) atoms. The summed E-state index contributed by atoms with van der Waals surface area (Å²) in [6, 6.07) is 0. The molecule has 1 atom stereocenters. The van der Waals surface area contributed by atoms with Gasteiger partial charge in [0.1, 0.15) is 5.41 Å². The Morgan fingerprint density at radius 3 is 3.07 bits per heavy atom. The van der Waals surface area contributed by atoms with Crippen LogP contribution in [-0.4, -0.2) is 26.1 Å². The average molecular weight is 206 g/mol. The van der Waals surface area contributed by atoms with Gasteiger partial charge in [-0.1, -0.05) is 0 Å². The minimum atomic E-state index is -1.23. The predicted molar refractivity (Wildman–Crippen MR) is 49.1 cm³/mol. The minimum Gasteiger partial charge on any atom is -0.527 e. The van der Waals surface area contributed by atoms with Crippen LogP contribution in [0.3, 0.4) is 0 Å². The van der Waals surface area contributed by atoms with Gasteiger partial charge in [-0.2, -0.15) is 10.5 Å². The molecule has 8 heteroatoms. The van der Waals surface area contributed by atoms with E-state index in [1.807, 2.05) is 5.32 Å². The first kappa shape index (κ1) is 11.0. The number of rotatable bonds is 1. The van der Waals surface area contributed by atoms with E-state index in [-0.39, 0.29) is 20.2 Å². The summed E-state index contributed by atoms with van der Waals surface area (Å²) in [6.45, 7) is 1.50. The van der Waals surface area contributed by atoms with Crippen LogP contribution in [0.15, 0.2) is 4.99 Å². The predicted octanol–water partition coefficient (Wildman–Crippen LogP) is -1.22. The molecule has 1 unspecified atom stereocenters. The molecule has 1 aliphatic rings. The van der Waals surface area contributed by atoms with Crippen LogP contribution in [0, 0.1) is 28.3 Å². The lowest BCUT2D eigenvalue weighted by molar-refractivity contribution is -0.128. The van der Waals surface area contributed by atoms with E-state index in [2.05, 4.69) is 4.99 Å². The maximum absolute atomic E-state index is 11.5. The van der Waals surface area contributed by atoms with E-state index in [1.54, 1.807) is 0 Å². The van der Waals surface area contributed by atoms with Crippen molar-refractivity contribution in [3.63, 3.8) is 0 Å². The van der Waals surface area contributed by atoms with Gasteiger partial charge in [-0.25, -0.2) is 0 Å². The standard InChI is InChI=1S/C7H7BN4O3/c1-7(5(13)11-3-9)2-14-8-15-6(7)12-4-10/h8H,2H2,1H3,(H,11,13)/b12-6-. The Labute approximate surface area is 86.6 Å². The fourth-order valence-corrected chi connectivity index (χ4v) is 1.12. The number of amides is 1. The molecule has 1 rings (SSSR count). The Bertz CT molecular complexity index is 383. The lowest BCUT2D eigenvalue weighted by Gasteiger charge is -2.31. The van der Waals surface area contributed by atoms with Crippen molar-refractivity contribution in [3.05, 3.63) is 0 Å². The van der Waals surface area contributed by atoms with Crippen LogP contribution >= 0.6 is 0 Å². The van der Waals surface area contributed by atoms with E-state index < -0.39 is 11.3 Å². The number of hydrogen-bond donors (Lipinski definition) is 1. The molecule has 0 saturated carbocycles. The summed E-state index contributed by atoms with van der Waals surface area (Å²) in [5, 5.41) is 18.7. The third-order valence-corrected chi connectivity index (χ3v) is 1.96. The SMILES string of the molecule is CC1(C(=O)NC#N)COBO/C1=N\C#N. The molecular weight excluding hydrogens is 199 g/mol. The molecule has 1 fully saturated rings. The van der Waals surface area contributed by atoms with Crippen LogP contribution < -0.4 is 5.32 Å².